The van der Waals surface area contributed by atoms with Crippen molar-refractivity contribution in [3.05, 3.63) is 18.3 Å². The van der Waals surface area contributed by atoms with Gasteiger partial charge >= 0.3 is 0 Å². The van der Waals surface area contributed by atoms with Gasteiger partial charge in [0.05, 0.1) is 23.7 Å². The third-order valence-corrected chi connectivity index (χ3v) is 4.06. The van der Waals surface area contributed by atoms with Crippen molar-refractivity contribution in [2.24, 2.45) is 0 Å². The fourth-order valence-corrected chi connectivity index (χ4v) is 2.37. The second kappa shape index (κ2) is 6.55. The van der Waals surface area contributed by atoms with Crippen LogP contribution in [0.15, 0.2) is 18.3 Å². The van der Waals surface area contributed by atoms with Crippen LogP contribution in [0.3, 0.4) is 0 Å². The molecule has 0 aromatic carbocycles. The topological polar surface area (TPSA) is 80.3 Å². The Hall–Kier alpha value is -1.34. The van der Waals surface area contributed by atoms with Crippen LogP contribution in [0.2, 0.25) is 0 Å². The second-order valence-electron chi connectivity index (χ2n) is 3.83. The maximum Gasteiger partial charge on any atom is 0.236 e. The highest BCUT2D eigenvalue weighted by Crippen LogP contribution is 2.14. The van der Waals surface area contributed by atoms with Gasteiger partial charge in [0.1, 0.15) is 0 Å². The lowest BCUT2D eigenvalue weighted by Gasteiger charge is -2.14. The molecule has 0 aliphatic carbocycles. The summed E-state index contributed by atoms with van der Waals surface area (Å²) in [6.07, 6.45) is 1.44. The molecule has 0 fully saturated rings. The largest absolute Gasteiger partial charge is 0.478 e. The van der Waals surface area contributed by atoms with Crippen LogP contribution in [0.5, 0.6) is 5.88 Å². The summed E-state index contributed by atoms with van der Waals surface area (Å²) in [7, 11) is -1.68. The van der Waals surface area contributed by atoms with E-state index in [0.717, 1.165) is 0 Å². The van der Waals surface area contributed by atoms with Crippen LogP contribution in [-0.2, 0) is 10.0 Å². The number of pyridine rings is 1. The standard InChI is InChI=1S/C11H19N3O3S/c1-4-17-11-6-5-10(8-13-11)14-18(15,16)9(2)7-12-3/h5-6,8-9,12,14H,4,7H2,1-3H3. The first kappa shape index (κ1) is 14.7. The molecular weight excluding hydrogens is 254 g/mol. The van der Waals surface area contributed by atoms with Crippen LogP contribution < -0.4 is 14.8 Å². The molecule has 7 heteroatoms. The van der Waals surface area contributed by atoms with Crippen molar-refractivity contribution in [3.8, 4) is 5.88 Å². The van der Waals surface area contributed by atoms with Gasteiger partial charge in [-0.2, -0.15) is 0 Å². The molecule has 0 saturated carbocycles. The van der Waals surface area contributed by atoms with Crippen LogP contribution in [0, 0.1) is 0 Å². The minimum absolute atomic E-state index is 0.389. The molecule has 1 aromatic rings. The first-order valence-electron chi connectivity index (χ1n) is 5.74. The minimum Gasteiger partial charge on any atom is -0.478 e. The van der Waals surface area contributed by atoms with Gasteiger partial charge in [0.2, 0.25) is 15.9 Å². The Morgan fingerprint density at radius 3 is 2.67 bits per heavy atom. The summed E-state index contributed by atoms with van der Waals surface area (Å²) in [5.41, 5.74) is 0.432. The van der Waals surface area contributed by atoms with E-state index in [2.05, 4.69) is 15.0 Å². The molecule has 2 N–H and O–H groups in total. The van der Waals surface area contributed by atoms with Gasteiger partial charge in [-0.3, -0.25) is 4.72 Å². The van der Waals surface area contributed by atoms with Crippen molar-refractivity contribution in [3.63, 3.8) is 0 Å². The molecular formula is C11H19N3O3S. The molecule has 0 amide bonds. The average molecular weight is 273 g/mol. The molecule has 0 aliphatic rings. The minimum atomic E-state index is -3.39. The van der Waals surface area contributed by atoms with Gasteiger partial charge in [0.15, 0.2) is 0 Å². The third-order valence-electron chi connectivity index (χ3n) is 2.31. The number of rotatable bonds is 7. The quantitative estimate of drug-likeness (QED) is 0.769. The fraction of sp³-hybridized carbons (Fsp3) is 0.545. The molecule has 1 rings (SSSR count). The normalized spacial score (nSPS) is 13.1. The molecule has 1 atom stereocenters. The molecule has 6 nitrogen and oxygen atoms in total. The molecule has 1 unspecified atom stereocenters. The van der Waals surface area contributed by atoms with E-state index in [4.69, 9.17) is 4.74 Å². The SMILES string of the molecule is CCOc1ccc(NS(=O)(=O)C(C)CNC)cn1. The Labute approximate surface area is 108 Å². The summed E-state index contributed by atoms with van der Waals surface area (Å²) in [5, 5.41) is 2.31. The smallest absolute Gasteiger partial charge is 0.236 e. The van der Waals surface area contributed by atoms with Crippen LogP contribution in [-0.4, -0.2) is 38.9 Å². The van der Waals surface area contributed by atoms with Gasteiger partial charge in [-0.15, -0.1) is 0 Å². The van der Waals surface area contributed by atoms with E-state index in [1.807, 2.05) is 6.92 Å². The van der Waals surface area contributed by atoms with Crippen molar-refractivity contribution in [2.75, 3.05) is 24.9 Å². The van der Waals surface area contributed by atoms with Crippen molar-refractivity contribution in [2.45, 2.75) is 19.1 Å². The zero-order valence-electron chi connectivity index (χ0n) is 10.8. The highest BCUT2D eigenvalue weighted by molar-refractivity contribution is 7.93. The Morgan fingerprint density at radius 2 is 2.17 bits per heavy atom. The summed E-state index contributed by atoms with van der Waals surface area (Å²) < 4.78 is 31.4. The van der Waals surface area contributed by atoms with E-state index < -0.39 is 15.3 Å². The van der Waals surface area contributed by atoms with Crippen molar-refractivity contribution in [1.29, 1.82) is 0 Å². The summed E-state index contributed by atoms with van der Waals surface area (Å²) >= 11 is 0. The van der Waals surface area contributed by atoms with Crippen molar-refractivity contribution >= 4 is 15.7 Å². The predicted octanol–water partition coefficient (Wildman–Crippen LogP) is 0.830. The molecule has 0 aliphatic heterocycles. The Kier molecular flexibility index (Phi) is 5.36. The number of anilines is 1. The van der Waals surface area contributed by atoms with Crippen LogP contribution >= 0.6 is 0 Å². The lowest BCUT2D eigenvalue weighted by molar-refractivity contribution is 0.327. The second-order valence-corrected chi connectivity index (χ2v) is 5.93. The number of hydrogen-bond donors (Lipinski definition) is 2. The number of sulfonamides is 1. The lowest BCUT2D eigenvalue weighted by atomic mass is 10.4. The van der Waals surface area contributed by atoms with Gasteiger partial charge < -0.3 is 10.1 Å². The van der Waals surface area contributed by atoms with Gasteiger partial charge in [-0.05, 0) is 27.0 Å². The molecule has 0 radical (unpaired) electrons. The molecule has 1 heterocycles. The fourth-order valence-electron chi connectivity index (χ4n) is 1.34. The first-order chi connectivity index (χ1) is 8.49. The summed E-state index contributed by atoms with van der Waals surface area (Å²) in [6.45, 7) is 4.41. The number of nitrogens with one attached hydrogen (secondary N) is 2. The summed E-state index contributed by atoms with van der Waals surface area (Å²) in [6, 6.07) is 3.26. The Balaban J connectivity index is 2.72. The molecule has 18 heavy (non-hydrogen) atoms. The van der Waals surface area contributed by atoms with E-state index in [1.165, 1.54) is 6.20 Å². The van der Waals surface area contributed by atoms with Crippen molar-refractivity contribution < 1.29 is 13.2 Å². The van der Waals surface area contributed by atoms with E-state index in [-0.39, 0.29) is 0 Å². The van der Waals surface area contributed by atoms with Crippen LogP contribution in [0.1, 0.15) is 13.8 Å². The Bertz CT molecular complexity index is 459. The first-order valence-corrected chi connectivity index (χ1v) is 7.29. The molecule has 0 bridgehead atoms. The highest BCUT2D eigenvalue weighted by atomic mass is 32.2. The lowest BCUT2D eigenvalue weighted by Crippen LogP contribution is -2.33. The summed E-state index contributed by atoms with van der Waals surface area (Å²) in [5.74, 6) is 0.476. The number of ether oxygens (including phenoxy) is 1. The molecule has 0 saturated heterocycles. The summed E-state index contributed by atoms with van der Waals surface area (Å²) in [4.78, 5) is 3.99. The molecule has 0 spiro atoms. The molecule has 1 aromatic heterocycles. The average Bonchev–Trinajstić information content (AvgIpc) is 2.32. The van der Waals surface area contributed by atoms with Gasteiger partial charge in [0.25, 0.3) is 0 Å². The number of aromatic nitrogens is 1. The maximum absolute atomic E-state index is 11.9. The van der Waals surface area contributed by atoms with Gasteiger partial charge in [-0.25, -0.2) is 13.4 Å². The van der Waals surface area contributed by atoms with Crippen LogP contribution in [0.4, 0.5) is 5.69 Å². The van der Waals surface area contributed by atoms with E-state index >= 15 is 0 Å². The number of nitrogens with zero attached hydrogens (tertiary/aromatic N) is 1. The third kappa shape index (κ3) is 4.15. The maximum atomic E-state index is 11.9. The zero-order valence-corrected chi connectivity index (χ0v) is 11.6. The van der Waals surface area contributed by atoms with Crippen LogP contribution in [0.25, 0.3) is 0 Å². The Morgan fingerprint density at radius 1 is 1.44 bits per heavy atom. The van der Waals surface area contributed by atoms with E-state index in [1.54, 1.807) is 26.1 Å². The predicted molar refractivity (Wildman–Crippen MR) is 71.3 cm³/mol. The van der Waals surface area contributed by atoms with E-state index in [0.29, 0.717) is 24.7 Å². The highest BCUT2D eigenvalue weighted by Gasteiger charge is 2.19. The van der Waals surface area contributed by atoms with Gasteiger partial charge in [0, 0.05) is 12.6 Å². The molecule has 102 valence electrons. The van der Waals surface area contributed by atoms with Crippen molar-refractivity contribution in [1.82, 2.24) is 10.3 Å². The monoisotopic (exact) mass is 273 g/mol. The zero-order chi connectivity index (χ0) is 13.6. The van der Waals surface area contributed by atoms with E-state index in [9.17, 15) is 8.42 Å². The number of hydrogen-bond acceptors (Lipinski definition) is 5. The van der Waals surface area contributed by atoms with Gasteiger partial charge in [-0.1, -0.05) is 0 Å².